The van der Waals surface area contributed by atoms with E-state index < -0.39 is 0 Å². The largest absolute Gasteiger partial charge is 0.369 e. The molecule has 0 radical (unpaired) electrons. The molecular formula is C22H21Cl2N5O. The van der Waals surface area contributed by atoms with E-state index in [9.17, 15) is 4.79 Å². The van der Waals surface area contributed by atoms with Crippen molar-refractivity contribution >= 4 is 34.9 Å². The van der Waals surface area contributed by atoms with E-state index in [0.717, 1.165) is 54.5 Å². The molecule has 30 heavy (non-hydrogen) atoms. The van der Waals surface area contributed by atoms with Gasteiger partial charge in [0.1, 0.15) is 11.5 Å². The second-order valence-electron chi connectivity index (χ2n) is 7.14. The highest BCUT2D eigenvalue weighted by Gasteiger charge is 2.22. The third-order valence-corrected chi connectivity index (χ3v) is 5.66. The van der Waals surface area contributed by atoms with Crippen LogP contribution in [0.1, 0.15) is 0 Å². The normalized spacial score (nSPS) is 14.7. The van der Waals surface area contributed by atoms with E-state index in [2.05, 4.69) is 4.90 Å². The number of hydrogen-bond donors (Lipinski definition) is 1. The first-order valence-corrected chi connectivity index (χ1v) is 10.4. The molecule has 8 heteroatoms. The first-order valence-electron chi connectivity index (χ1n) is 9.65. The fourth-order valence-electron chi connectivity index (χ4n) is 3.55. The molecule has 1 fully saturated rings. The van der Waals surface area contributed by atoms with E-state index >= 15 is 0 Å². The summed E-state index contributed by atoms with van der Waals surface area (Å²) < 4.78 is 0. The number of rotatable bonds is 5. The minimum Gasteiger partial charge on any atom is -0.369 e. The summed E-state index contributed by atoms with van der Waals surface area (Å²) in [5, 5.41) is 1.28. The topological polar surface area (TPSA) is 75.4 Å². The lowest BCUT2D eigenvalue weighted by Crippen LogP contribution is -2.49. The van der Waals surface area contributed by atoms with Gasteiger partial charge >= 0.3 is 0 Å². The molecule has 1 aliphatic rings. The fourth-order valence-corrected chi connectivity index (χ4v) is 3.90. The molecule has 1 saturated heterocycles. The van der Waals surface area contributed by atoms with Crippen molar-refractivity contribution in [2.24, 2.45) is 5.73 Å². The van der Waals surface area contributed by atoms with Crippen molar-refractivity contribution in [2.45, 2.75) is 0 Å². The lowest BCUT2D eigenvalue weighted by atomic mass is 10.0. The number of aromatic nitrogens is 2. The molecule has 6 nitrogen and oxygen atoms in total. The van der Waals surface area contributed by atoms with Crippen LogP contribution in [-0.2, 0) is 4.79 Å². The zero-order valence-corrected chi connectivity index (χ0v) is 17.8. The summed E-state index contributed by atoms with van der Waals surface area (Å²) in [6, 6.07) is 15.1. The van der Waals surface area contributed by atoms with Crippen molar-refractivity contribution in [1.82, 2.24) is 14.9 Å². The average molecular weight is 442 g/mol. The van der Waals surface area contributed by atoms with E-state index in [1.165, 1.54) is 0 Å². The summed E-state index contributed by atoms with van der Waals surface area (Å²) in [6.45, 7) is 3.24. The second-order valence-corrected chi connectivity index (χ2v) is 7.99. The molecule has 1 aromatic heterocycles. The third kappa shape index (κ3) is 4.56. The van der Waals surface area contributed by atoms with Crippen LogP contribution in [0.4, 0.5) is 5.82 Å². The molecular weight excluding hydrogens is 421 g/mol. The van der Waals surface area contributed by atoms with Crippen LogP contribution in [0.25, 0.3) is 22.5 Å². The Bertz CT molecular complexity index is 1050. The monoisotopic (exact) mass is 441 g/mol. The van der Waals surface area contributed by atoms with Gasteiger partial charge in [0, 0.05) is 42.3 Å². The van der Waals surface area contributed by atoms with Crippen LogP contribution < -0.4 is 10.6 Å². The van der Waals surface area contributed by atoms with Crippen molar-refractivity contribution in [3.05, 3.63) is 64.8 Å². The Hall–Kier alpha value is -2.67. The van der Waals surface area contributed by atoms with Crippen molar-refractivity contribution in [3.63, 3.8) is 0 Å². The predicted molar refractivity (Wildman–Crippen MR) is 121 cm³/mol. The zero-order valence-electron chi connectivity index (χ0n) is 16.3. The van der Waals surface area contributed by atoms with Gasteiger partial charge < -0.3 is 10.6 Å². The highest BCUT2D eigenvalue weighted by Crippen LogP contribution is 2.35. The molecule has 2 aromatic carbocycles. The van der Waals surface area contributed by atoms with Gasteiger partial charge in [-0.25, -0.2) is 4.98 Å². The lowest BCUT2D eigenvalue weighted by molar-refractivity contribution is -0.119. The molecule has 0 atom stereocenters. The number of amides is 1. The summed E-state index contributed by atoms with van der Waals surface area (Å²) in [5.41, 5.74) is 8.52. The smallest absolute Gasteiger partial charge is 0.231 e. The molecule has 2 heterocycles. The Morgan fingerprint density at radius 1 is 0.967 bits per heavy atom. The summed E-state index contributed by atoms with van der Waals surface area (Å²) in [5.74, 6) is 0.470. The lowest BCUT2D eigenvalue weighted by Gasteiger charge is -2.34. The van der Waals surface area contributed by atoms with Crippen molar-refractivity contribution < 1.29 is 4.79 Å². The van der Waals surface area contributed by atoms with E-state index in [0.29, 0.717) is 10.0 Å². The molecule has 1 aliphatic heterocycles. The molecule has 0 spiro atoms. The Labute approximate surface area is 185 Å². The quantitative estimate of drug-likeness (QED) is 0.652. The van der Waals surface area contributed by atoms with Crippen molar-refractivity contribution in [3.8, 4) is 22.5 Å². The molecule has 2 N–H and O–H groups in total. The van der Waals surface area contributed by atoms with Crippen molar-refractivity contribution in [2.75, 3.05) is 37.6 Å². The maximum Gasteiger partial charge on any atom is 0.231 e. The Morgan fingerprint density at radius 2 is 1.67 bits per heavy atom. The van der Waals surface area contributed by atoms with Gasteiger partial charge in [0.05, 0.1) is 23.5 Å². The molecule has 0 bridgehead atoms. The number of nitrogens with zero attached hydrogens (tertiary/aromatic N) is 4. The Kier molecular flexibility index (Phi) is 6.18. The van der Waals surface area contributed by atoms with Gasteiger partial charge in [0.2, 0.25) is 5.91 Å². The SMILES string of the molecule is NC(=O)CN1CCN(c2cnc(-c3ccc(Cl)cc3)c(-c3ccccc3Cl)n2)CC1. The molecule has 0 aliphatic carbocycles. The molecule has 1 amide bonds. The van der Waals surface area contributed by atoms with Gasteiger partial charge in [-0.2, -0.15) is 0 Å². The van der Waals surface area contributed by atoms with E-state index in [-0.39, 0.29) is 12.5 Å². The van der Waals surface area contributed by atoms with Crippen LogP contribution in [0.2, 0.25) is 10.0 Å². The summed E-state index contributed by atoms with van der Waals surface area (Å²) in [6.07, 6.45) is 1.79. The summed E-state index contributed by atoms with van der Waals surface area (Å²) in [7, 11) is 0. The Morgan fingerprint density at radius 3 is 2.33 bits per heavy atom. The fraction of sp³-hybridized carbons (Fsp3) is 0.227. The van der Waals surface area contributed by atoms with Crippen LogP contribution in [-0.4, -0.2) is 53.5 Å². The number of piperazine rings is 1. The summed E-state index contributed by atoms with van der Waals surface area (Å²) >= 11 is 12.6. The molecule has 154 valence electrons. The van der Waals surface area contributed by atoms with Gasteiger partial charge in [0.15, 0.2) is 0 Å². The summed E-state index contributed by atoms with van der Waals surface area (Å²) in [4.78, 5) is 25.1. The molecule has 0 saturated carbocycles. The van der Waals surface area contributed by atoms with Gasteiger partial charge in [-0.1, -0.05) is 53.5 Å². The number of halogens is 2. The zero-order chi connectivity index (χ0) is 21.1. The molecule has 4 rings (SSSR count). The van der Waals surface area contributed by atoms with Gasteiger partial charge in [0.25, 0.3) is 0 Å². The maximum absolute atomic E-state index is 11.2. The van der Waals surface area contributed by atoms with Gasteiger partial charge in [-0.3, -0.25) is 14.7 Å². The van der Waals surface area contributed by atoms with E-state index in [1.54, 1.807) is 6.20 Å². The maximum atomic E-state index is 11.2. The van der Waals surface area contributed by atoms with Crippen LogP contribution >= 0.6 is 23.2 Å². The van der Waals surface area contributed by atoms with Crippen LogP contribution in [0.15, 0.2) is 54.7 Å². The molecule has 0 unspecified atom stereocenters. The highest BCUT2D eigenvalue weighted by atomic mass is 35.5. The minimum atomic E-state index is -0.309. The van der Waals surface area contributed by atoms with Crippen molar-refractivity contribution in [1.29, 1.82) is 0 Å². The number of anilines is 1. The number of nitrogens with two attached hydrogens (primary N) is 1. The Balaban J connectivity index is 1.69. The molecule has 3 aromatic rings. The minimum absolute atomic E-state index is 0.278. The van der Waals surface area contributed by atoms with E-state index in [4.69, 9.17) is 38.9 Å². The number of benzene rings is 2. The number of carbonyl (C=O) groups is 1. The van der Waals surface area contributed by atoms with Crippen LogP contribution in [0.3, 0.4) is 0 Å². The highest BCUT2D eigenvalue weighted by molar-refractivity contribution is 6.33. The number of carbonyl (C=O) groups excluding carboxylic acids is 1. The standard InChI is InChI=1S/C22H21Cl2N5O/c23-16-7-5-15(6-8-16)21-22(17-3-1-2-4-18(17)24)27-20(13-26-21)29-11-9-28(10-12-29)14-19(25)30/h1-8,13H,9-12,14H2,(H2,25,30). The first kappa shape index (κ1) is 20.6. The van der Waals surface area contributed by atoms with Gasteiger partial charge in [-0.15, -0.1) is 0 Å². The number of primary amides is 1. The van der Waals surface area contributed by atoms with Crippen LogP contribution in [0, 0.1) is 0 Å². The van der Waals surface area contributed by atoms with Crippen LogP contribution in [0.5, 0.6) is 0 Å². The predicted octanol–water partition coefficient (Wildman–Crippen LogP) is 3.72. The number of hydrogen-bond acceptors (Lipinski definition) is 5. The van der Waals surface area contributed by atoms with Gasteiger partial charge in [-0.05, 0) is 18.2 Å². The third-order valence-electron chi connectivity index (χ3n) is 5.08. The average Bonchev–Trinajstić information content (AvgIpc) is 2.75. The van der Waals surface area contributed by atoms with E-state index in [1.807, 2.05) is 53.4 Å². The second kappa shape index (κ2) is 9.00. The first-order chi connectivity index (χ1) is 14.5.